The molecular weight excluding hydrogens is 380 g/mol. The van der Waals surface area contributed by atoms with Gasteiger partial charge in [-0.1, -0.05) is 12.1 Å². The fourth-order valence-electron chi connectivity index (χ4n) is 2.68. The van der Waals surface area contributed by atoms with E-state index in [2.05, 4.69) is 16.4 Å². The van der Waals surface area contributed by atoms with E-state index in [1.165, 1.54) is 4.70 Å². The molecule has 142 valence electrons. The number of thioether (sulfide) groups is 1. The molecule has 1 aromatic heterocycles. The van der Waals surface area contributed by atoms with E-state index < -0.39 is 0 Å². The molecule has 2 aromatic carbocycles. The smallest absolute Gasteiger partial charge is 0.230 e. The van der Waals surface area contributed by atoms with Crippen molar-refractivity contribution in [2.75, 3.05) is 26.5 Å². The number of aromatic nitrogens is 1. The number of nitrogens with one attached hydrogen (secondary N) is 1. The molecule has 1 heterocycles. The van der Waals surface area contributed by atoms with Crippen molar-refractivity contribution in [3.8, 4) is 11.5 Å². The minimum absolute atomic E-state index is 0.0305. The van der Waals surface area contributed by atoms with Crippen LogP contribution in [0.2, 0.25) is 0 Å². The molecule has 5 nitrogen and oxygen atoms in total. The number of nitrogens with zero attached hydrogens (tertiary/aromatic N) is 1. The summed E-state index contributed by atoms with van der Waals surface area (Å²) < 4.78 is 11.8. The average molecular weight is 403 g/mol. The summed E-state index contributed by atoms with van der Waals surface area (Å²) in [6, 6.07) is 13.8. The Labute approximate surface area is 167 Å². The predicted molar refractivity (Wildman–Crippen MR) is 112 cm³/mol. The van der Waals surface area contributed by atoms with Crippen molar-refractivity contribution in [2.24, 2.45) is 0 Å². The molecule has 0 radical (unpaired) electrons. The van der Waals surface area contributed by atoms with Crippen LogP contribution in [-0.4, -0.2) is 37.4 Å². The highest BCUT2D eigenvalue weighted by Gasteiger charge is 2.08. The highest BCUT2D eigenvalue weighted by Crippen LogP contribution is 2.25. The van der Waals surface area contributed by atoms with Crippen molar-refractivity contribution in [2.45, 2.75) is 12.2 Å². The molecule has 0 aliphatic heterocycles. The molecule has 0 saturated carbocycles. The Bertz CT molecular complexity index is 878. The third kappa shape index (κ3) is 5.37. The van der Waals surface area contributed by atoms with Crippen LogP contribution in [-0.2, 0) is 17.0 Å². The van der Waals surface area contributed by atoms with Crippen LogP contribution in [0.15, 0.2) is 42.5 Å². The van der Waals surface area contributed by atoms with Gasteiger partial charge in [0.15, 0.2) is 0 Å². The summed E-state index contributed by atoms with van der Waals surface area (Å²) in [4.78, 5) is 16.7. The first-order valence-electron chi connectivity index (χ1n) is 8.59. The number of benzene rings is 2. The van der Waals surface area contributed by atoms with Gasteiger partial charge in [-0.05, 0) is 42.3 Å². The first kappa shape index (κ1) is 19.5. The second kappa shape index (κ2) is 9.62. The van der Waals surface area contributed by atoms with Crippen molar-refractivity contribution in [1.29, 1.82) is 0 Å². The zero-order valence-corrected chi connectivity index (χ0v) is 17.0. The van der Waals surface area contributed by atoms with Crippen LogP contribution < -0.4 is 14.8 Å². The lowest BCUT2D eigenvalue weighted by molar-refractivity contribution is -0.118. The quantitative estimate of drug-likeness (QED) is 0.588. The number of amides is 1. The Morgan fingerprint density at radius 3 is 2.81 bits per heavy atom. The van der Waals surface area contributed by atoms with Gasteiger partial charge in [0.05, 0.1) is 30.2 Å². The summed E-state index contributed by atoms with van der Waals surface area (Å²) in [7, 11) is 3.28. The number of thiazole rings is 1. The lowest BCUT2D eigenvalue weighted by Gasteiger charge is -2.11. The Hall–Kier alpha value is -2.25. The van der Waals surface area contributed by atoms with Crippen LogP contribution in [0.1, 0.15) is 10.6 Å². The number of hydrogen-bond acceptors (Lipinski definition) is 6. The van der Waals surface area contributed by atoms with Crippen molar-refractivity contribution in [3.63, 3.8) is 0 Å². The highest BCUT2D eigenvalue weighted by atomic mass is 32.2. The lowest BCUT2D eigenvalue weighted by atomic mass is 10.1. The van der Waals surface area contributed by atoms with E-state index in [0.29, 0.717) is 18.7 Å². The summed E-state index contributed by atoms with van der Waals surface area (Å²) in [5.74, 6) is 2.78. The molecular formula is C20H22N2O3S2. The van der Waals surface area contributed by atoms with Crippen LogP contribution in [0.4, 0.5) is 0 Å². The monoisotopic (exact) mass is 402 g/mol. The third-order valence-corrected chi connectivity index (χ3v) is 6.16. The van der Waals surface area contributed by atoms with Crippen molar-refractivity contribution < 1.29 is 14.3 Å². The minimum atomic E-state index is 0.0305. The van der Waals surface area contributed by atoms with Gasteiger partial charge in [-0.3, -0.25) is 4.79 Å². The zero-order chi connectivity index (χ0) is 19.1. The number of hydrogen-bond donors (Lipinski definition) is 1. The summed E-state index contributed by atoms with van der Waals surface area (Å²) in [6.07, 6.45) is 0.689. The van der Waals surface area contributed by atoms with E-state index in [4.69, 9.17) is 9.47 Å². The number of carbonyl (C=O) groups excluding carboxylic acids is 1. The number of carbonyl (C=O) groups is 1. The first-order valence-corrected chi connectivity index (χ1v) is 10.6. The average Bonchev–Trinajstić information content (AvgIpc) is 3.10. The molecule has 0 fully saturated rings. The standard InChI is InChI=1S/C20H22N2O3S2/c1-24-15-7-8-17(25-2)14(11-15)9-10-21-19(23)12-26-13-20-22-16-5-3-4-6-18(16)27-20/h3-8,11H,9-10,12-13H2,1-2H3,(H,21,23). The number of ether oxygens (including phenoxy) is 2. The SMILES string of the molecule is COc1ccc(OC)c(CCNC(=O)CSCc2nc3ccccc3s2)c1. The fraction of sp³-hybridized carbons (Fsp3) is 0.300. The third-order valence-electron chi connectivity index (χ3n) is 4.00. The molecule has 0 saturated heterocycles. The molecule has 0 unspecified atom stereocenters. The maximum absolute atomic E-state index is 12.1. The minimum Gasteiger partial charge on any atom is -0.497 e. The number of para-hydroxylation sites is 1. The number of methoxy groups -OCH3 is 2. The lowest BCUT2D eigenvalue weighted by Crippen LogP contribution is -2.27. The zero-order valence-electron chi connectivity index (χ0n) is 15.4. The Morgan fingerprint density at radius 1 is 1.19 bits per heavy atom. The van der Waals surface area contributed by atoms with Gasteiger partial charge >= 0.3 is 0 Å². The second-order valence-corrected chi connectivity index (χ2v) is 7.95. The van der Waals surface area contributed by atoms with E-state index in [1.54, 1.807) is 37.3 Å². The number of rotatable bonds is 9. The van der Waals surface area contributed by atoms with Gasteiger partial charge in [-0.25, -0.2) is 4.98 Å². The van der Waals surface area contributed by atoms with Gasteiger partial charge in [-0.2, -0.15) is 0 Å². The van der Waals surface area contributed by atoms with E-state index in [0.717, 1.165) is 33.3 Å². The second-order valence-electron chi connectivity index (χ2n) is 5.85. The van der Waals surface area contributed by atoms with Gasteiger partial charge in [0.2, 0.25) is 5.91 Å². The Morgan fingerprint density at radius 2 is 2.04 bits per heavy atom. The highest BCUT2D eigenvalue weighted by molar-refractivity contribution is 7.99. The Kier molecular flexibility index (Phi) is 6.95. The first-order chi connectivity index (χ1) is 13.2. The molecule has 0 aliphatic carbocycles. The van der Waals surface area contributed by atoms with Gasteiger partial charge < -0.3 is 14.8 Å². The maximum Gasteiger partial charge on any atom is 0.230 e. The molecule has 1 N–H and O–H groups in total. The molecule has 3 rings (SSSR count). The predicted octanol–water partition coefficient (Wildman–Crippen LogP) is 3.91. The summed E-state index contributed by atoms with van der Waals surface area (Å²) in [5, 5.41) is 4.01. The van der Waals surface area contributed by atoms with Gasteiger partial charge in [0.1, 0.15) is 16.5 Å². The molecule has 7 heteroatoms. The maximum atomic E-state index is 12.1. The fourth-order valence-corrected chi connectivity index (χ4v) is 4.55. The van der Waals surface area contributed by atoms with Crippen LogP contribution >= 0.6 is 23.1 Å². The summed E-state index contributed by atoms with van der Waals surface area (Å²) >= 11 is 3.26. The topological polar surface area (TPSA) is 60.5 Å². The van der Waals surface area contributed by atoms with E-state index in [1.807, 2.05) is 36.4 Å². The largest absolute Gasteiger partial charge is 0.497 e. The van der Waals surface area contributed by atoms with Crippen molar-refractivity contribution >= 4 is 39.2 Å². The van der Waals surface area contributed by atoms with Crippen LogP contribution in [0, 0.1) is 0 Å². The van der Waals surface area contributed by atoms with Gasteiger partial charge in [0.25, 0.3) is 0 Å². The van der Waals surface area contributed by atoms with Gasteiger partial charge in [-0.15, -0.1) is 23.1 Å². The molecule has 0 aliphatic rings. The summed E-state index contributed by atoms with van der Waals surface area (Å²) in [5.41, 5.74) is 2.04. The van der Waals surface area contributed by atoms with E-state index >= 15 is 0 Å². The number of fused-ring (bicyclic) bond motifs is 1. The molecule has 0 bridgehead atoms. The van der Waals surface area contributed by atoms with E-state index in [9.17, 15) is 4.79 Å². The molecule has 27 heavy (non-hydrogen) atoms. The van der Waals surface area contributed by atoms with Crippen LogP contribution in [0.5, 0.6) is 11.5 Å². The molecule has 0 atom stereocenters. The molecule has 0 spiro atoms. The van der Waals surface area contributed by atoms with Crippen molar-refractivity contribution in [1.82, 2.24) is 10.3 Å². The summed E-state index contributed by atoms with van der Waals surface area (Å²) in [6.45, 7) is 0.560. The van der Waals surface area contributed by atoms with Gasteiger partial charge in [0, 0.05) is 12.3 Å². The van der Waals surface area contributed by atoms with Crippen molar-refractivity contribution in [3.05, 3.63) is 53.0 Å². The van der Waals surface area contributed by atoms with E-state index in [-0.39, 0.29) is 5.91 Å². The Balaban J connectivity index is 1.42. The molecule has 1 amide bonds. The normalized spacial score (nSPS) is 10.7. The van der Waals surface area contributed by atoms with Crippen LogP contribution in [0.3, 0.4) is 0 Å². The molecule has 3 aromatic rings. The van der Waals surface area contributed by atoms with Crippen LogP contribution in [0.25, 0.3) is 10.2 Å².